The van der Waals surface area contributed by atoms with E-state index < -0.39 is 0 Å². The third kappa shape index (κ3) is 6.54. The molecule has 0 saturated carbocycles. The van der Waals surface area contributed by atoms with Crippen molar-refractivity contribution >= 4 is 11.7 Å². The first-order valence-electron chi connectivity index (χ1n) is 8.42. The standard InChI is InChI=1S/C17H27FN4O/c1-2-21-11-13-22(14-12-21)10-4-3-9-19-17(23)20-16-7-5-15(18)6-8-16/h5-8H,2-4,9-14H2,1H3,(H2,19,20,23). The van der Waals surface area contributed by atoms with Crippen LogP contribution in [0.4, 0.5) is 14.9 Å². The van der Waals surface area contributed by atoms with Crippen LogP contribution in [0.3, 0.4) is 0 Å². The molecule has 128 valence electrons. The van der Waals surface area contributed by atoms with Gasteiger partial charge in [-0.1, -0.05) is 6.92 Å². The molecule has 0 unspecified atom stereocenters. The Morgan fingerprint density at radius 3 is 2.39 bits per heavy atom. The molecular weight excluding hydrogens is 295 g/mol. The van der Waals surface area contributed by atoms with Crippen molar-refractivity contribution in [3.63, 3.8) is 0 Å². The first-order chi connectivity index (χ1) is 11.2. The zero-order chi connectivity index (χ0) is 16.5. The summed E-state index contributed by atoms with van der Waals surface area (Å²) in [5.41, 5.74) is 0.595. The van der Waals surface area contributed by atoms with Gasteiger partial charge in [-0.15, -0.1) is 0 Å². The molecule has 1 aliphatic heterocycles. The van der Waals surface area contributed by atoms with Gasteiger partial charge in [0.1, 0.15) is 5.82 Å². The van der Waals surface area contributed by atoms with Crippen LogP contribution >= 0.6 is 0 Å². The summed E-state index contributed by atoms with van der Waals surface area (Å²) in [6.45, 7) is 9.71. The van der Waals surface area contributed by atoms with Crippen molar-refractivity contribution in [1.82, 2.24) is 15.1 Å². The Hall–Kier alpha value is -1.66. The molecule has 0 radical (unpaired) electrons. The molecule has 23 heavy (non-hydrogen) atoms. The van der Waals surface area contributed by atoms with E-state index >= 15 is 0 Å². The number of piperazine rings is 1. The first-order valence-corrected chi connectivity index (χ1v) is 8.42. The average molecular weight is 322 g/mol. The summed E-state index contributed by atoms with van der Waals surface area (Å²) < 4.78 is 12.8. The quantitative estimate of drug-likeness (QED) is 0.758. The number of carbonyl (C=O) groups is 1. The van der Waals surface area contributed by atoms with E-state index in [2.05, 4.69) is 27.4 Å². The van der Waals surface area contributed by atoms with E-state index in [1.54, 1.807) is 12.1 Å². The van der Waals surface area contributed by atoms with Gasteiger partial charge in [0.05, 0.1) is 0 Å². The first kappa shape index (κ1) is 17.7. The van der Waals surface area contributed by atoms with Crippen molar-refractivity contribution in [2.24, 2.45) is 0 Å². The number of nitrogens with one attached hydrogen (secondary N) is 2. The summed E-state index contributed by atoms with van der Waals surface area (Å²) in [5.74, 6) is -0.310. The Bertz CT molecular complexity index is 472. The Morgan fingerprint density at radius 2 is 1.74 bits per heavy atom. The molecule has 1 aromatic rings. The number of benzene rings is 1. The summed E-state index contributed by atoms with van der Waals surface area (Å²) in [6.07, 6.45) is 2.05. The average Bonchev–Trinajstić information content (AvgIpc) is 2.57. The van der Waals surface area contributed by atoms with Crippen LogP contribution in [0, 0.1) is 5.82 Å². The monoisotopic (exact) mass is 322 g/mol. The van der Waals surface area contributed by atoms with Gasteiger partial charge in [-0.05, 0) is 50.2 Å². The summed E-state index contributed by atoms with van der Waals surface area (Å²) in [6, 6.07) is 5.51. The van der Waals surface area contributed by atoms with E-state index in [1.165, 1.54) is 12.1 Å². The number of likely N-dealkylation sites (N-methyl/N-ethyl adjacent to an activating group) is 1. The lowest BCUT2D eigenvalue weighted by atomic mass is 10.2. The smallest absolute Gasteiger partial charge is 0.319 e. The van der Waals surface area contributed by atoms with Crippen LogP contribution in [0.2, 0.25) is 0 Å². The predicted molar refractivity (Wildman–Crippen MR) is 91.2 cm³/mol. The van der Waals surface area contributed by atoms with Gasteiger partial charge in [0.15, 0.2) is 0 Å². The zero-order valence-electron chi connectivity index (χ0n) is 13.9. The minimum absolute atomic E-state index is 0.242. The second-order valence-corrected chi connectivity index (χ2v) is 5.87. The minimum Gasteiger partial charge on any atom is -0.338 e. The molecular formula is C17H27FN4O. The number of hydrogen-bond donors (Lipinski definition) is 2. The molecule has 2 N–H and O–H groups in total. The molecule has 5 nitrogen and oxygen atoms in total. The predicted octanol–water partition coefficient (Wildman–Crippen LogP) is 2.36. The van der Waals surface area contributed by atoms with Crippen LogP contribution in [-0.4, -0.2) is 61.6 Å². The maximum atomic E-state index is 12.8. The lowest BCUT2D eigenvalue weighted by Gasteiger charge is -2.33. The lowest BCUT2D eigenvalue weighted by molar-refractivity contribution is 0.136. The van der Waals surface area contributed by atoms with Crippen molar-refractivity contribution in [3.8, 4) is 0 Å². The fourth-order valence-corrected chi connectivity index (χ4v) is 2.70. The van der Waals surface area contributed by atoms with Crippen molar-refractivity contribution < 1.29 is 9.18 Å². The summed E-state index contributed by atoms with van der Waals surface area (Å²) in [4.78, 5) is 16.7. The van der Waals surface area contributed by atoms with Crippen molar-refractivity contribution in [2.75, 3.05) is 51.1 Å². The molecule has 2 rings (SSSR count). The fourth-order valence-electron chi connectivity index (χ4n) is 2.70. The van der Waals surface area contributed by atoms with Gasteiger partial charge >= 0.3 is 6.03 Å². The van der Waals surface area contributed by atoms with Crippen molar-refractivity contribution in [2.45, 2.75) is 19.8 Å². The molecule has 0 aliphatic carbocycles. The number of rotatable bonds is 7. The molecule has 0 aromatic heterocycles. The van der Waals surface area contributed by atoms with Gasteiger partial charge in [0.25, 0.3) is 0 Å². The highest BCUT2D eigenvalue weighted by atomic mass is 19.1. The maximum Gasteiger partial charge on any atom is 0.319 e. The topological polar surface area (TPSA) is 47.6 Å². The third-order valence-corrected chi connectivity index (χ3v) is 4.20. The van der Waals surface area contributed by atoms with Crippen LogP contribution in [0.5, 0.6) is 0 Å². The summed E-state index contributed by atoms with van der Waals surface area (Å²) in [5, 5.41) is 5.52. The molecule has 0 atom stereocenters. The van der Waals surface area contributed by atoms with E-state index in [1.807, 2.05) is 0 Å². The highest BCUT2D eigenvalue weighted by molar-refractivity contribution is 5.89. The summed E-state index contributed by atoms with van der Waals surface area (Å²) >= 11 is 0. The number of hydrogen-bond acceptors (Lipinski definition) is 3. The van der Waals surface area contributed by atoms with E-state index in [9.17, 15) is 9.18 Å². The number of anilines is 1. The molecule has 1 saturated heterocycles. The molecule has 1 fully saturated rings. The SMILES string of the molecule is CCN1CCN(CCCCNC(=O)Nc2ccc(F)cc2)CC1. The molecule has 1 heterocycles. The van der Waals surface area contributed by atoms with Crippen LogP contribution in [0.1, 0.15) is 19.8 Å². The minimum atomic E-state index is -0.310. The van der Waals surface area contributed by atoms with Crippen LogP contribution in [-0.2, 0) is 0 Å². The van der Waals surface area contributed by atoms with Crippen LogP contribution in [0.25, 0.3) is 0 Å². The highest BCUT2D eigenvalue weighted by Gasteiger charge is 2.14. The lowest BCUT2D eigenvalue weighted by Crippen LogP contribution is -2.46. The van der Waals surface area contributed by atoms with Crippen molar-refractivity contribution in [3.05, 3.63) is 30.1 Å². The van der Waals surface area contributed by atoms with Gasteiger partial charge in [-0.3, -0.25) is 0 Å². The largest absolute Gasteiger partial charge is 0.338 e. The Morgan fingerprint density at radius 1 is 1.09 bits per heavy atom. The Kier molecular flexibility index (Phi) is 7.29. The van der Waals surface area contributed by atoms with Gasteiger partial charge in [-0.25, -0.2) is 9.18 Å². The third-order valence-electron chi connectivity index (χ3n) is 4.20. The Labute approximate surface area is 137 Å². The number of amides is 2. The highest BCUT2D eigenvalue weighted by Crippen LogP contribution is 2.07. The summed E-state index contributed by atoms with van der Waals surface area (Å²) in [7, 11) is 0. The molecule has 1 aliphatic rings. The zero-order valence-corrected chi connectivity index (χ0v) is 13.9. The normalized spacial score (nSPS) is 16.3. The second-order valence-electron chi connectivity index (χ2n) is 5.87. The van der Waals surface area contributed by atoms with Crippen molar-refractivity contribution in [1.29, 1.82) is 0 Å². The molecule has 2 amide bonds. The van der Waals surface area contributed by atoms with E-state index in [4.69, 9.17) is 0 Å². The number of urea groups is 1. The maximum absolute atomic E-state index is 12.8. The van der Waals surface area contributed by atoms with Crippen LogP contribution in [0.15, 0.2) is 24.3 Å². The van der Waals surface area contributed by atoms with E-state index in [0.29, 0.717) is 12.2 Å². The number of halogens is 1. The molecule has 0 spiro atoms. The fraction of sp³-hybridized carbons (Fsp3) is 0.588. The van der Waals surface area contributed by atoms with Gasteiger partial charge in [-0.2, -0.15) is 0 Å². The van der Waals surface area contributed by atoms with Crippen LogP contribution < -0.4 is 10.6 Å². The molecule has 0 bridgehead atoms. The molecule has 1 aromatic carbocycles. The van der Waals surface area contributed by atoms with E-state index in [0.717, 1.165) is 52.1 Å². The van der Waals surface area contributed by atoms with Gasteiger partial charge in [0, 0.05) is 38.4 Å². The Balaban J connectivity index is 1.52. The number of unbranched alkanes of at least 4 members (excludes halogenated alkanes) is 1. The number of carbonyl (C=O) groups excluding carboxylic acids is 1. The molecule has 6 heteroatoms. The number of nitrogens with zero attached hydrogens (tertiary/aromatic N) is 2. The van der Waals surface area contributed by atoms with Gasteiger partial charge in [0.2, 0.25) is 0 Å². The van der Waals surface area contributed by atoms with Gasteiger partial charge < -0.3 is 20.4 Å². The second kappa shape index (κ2) is 9.47. The van der Waals surface area contributed by atoms with E-state index in [-0.39, 0.29) is 11.8 Å².